The molecule has 2 nitrogen and oxygen atoms in total. The van der Waals surface area contributed by atoms with Crippen LogP contribution in [0.25, 0.3) is 0 Å². The van der Waals surface area contributed by atoms with Gasteiger partial charge in [0.25, 0.3) is 0 Å². The largest absolute Gasteiger partial charge is 0.375 e. The van der Waals surface area contributed by atoms with Gasteiger partial charge in [-0.15, -0.1) is 0 Å². The van der Waals surface area contributed by atoms with E-state index in [1.165, 1.54) is 18.9 Å². The zero-order chi connectivity index (χ0) is 12.1. The van der Waals surface area contributed by atoms with Crippen molar-refractivity contribution in [3.05, 3.63) is 34.6 Å². The quantitative estimate of drug-likeness (QED) is 0.895. The minimum Gasteiger partial charge on any atom is -0.375 e. The number of benzene rings is 1. The van der Waals surface area contributed by atoms with Gasteiger partial charge in [-0.05, 0) is 31.0 Å². The second kappa shape index (κ2) is 6.34. The van der Waals surface area contributed by atoms with E-state index in [0.717, 1.165) is 13.0 Å². The Balaban J connectivity index is 1.79. The van der Waals surface area contributed by atoms with E-state index in [2.05, 4.69) is 5.32 Å². The number of nitrogens with one attached hydrogen (secondary N) is 1. The first kappa shape index (κ1) is 12.8. The third kappa shape index (κ3) is 3.66. The molecule has 0 aromatic heterocycles. The summed E-state index contributed by atoms with van der Waals surface area (Å²) in [6.07, 6.45) is 3.64. The molecule has 4 heteroatoms. The third-order valence-corrected chi connectivity index (χ3v) is 3.44. The van der Waals surface area contributed by atoms with Gasteiger partial charge in [-0.3, -0.25) is 0 Å². The van der Waals surface area contributed by atoms with Gasteiger partial charge in [-0.2, -0.15) is 0 Å². The SMILES string of the molecule is Fc1cccc(COCC2CCCCN2)c1Cl. The van der Waals surface area contributed by atoms with Crippen molar-refractivity contribution in [1.82, 2.24) is 5.32 Å². The molecule has 1 aromatic carbocycles. The normalized spacial score (nSPS) is 20.5. The molecule has 1 aliphatic heterocycles. The maximum absolute atomic E-state index is 13.2. The van der Waals surface area contributed by atoms with Crippen LogP contribution in [0.15, 0.2) is 18.2 Å². The van der Waals surface area contributed by atoms with Crippen molar-refractivity contribution in [3.63, 3.8) is 0 Å². The van der Waals surface area contributed by atoms with Gasteiger partial charge < -0.3 is 10.1 Å². The Hall–Kier alpha value is -0.640. The van der Waals surface area contributed by atoms with Crippen LogP contribution in [0.5, 0.6) is 0 Å². The molecule has 1 aromatic rings. The van der Waals surface area contributed by atoms with E-state index in [1.807, 2.05) is 0 Å². The van der Waals surface area contributed by atoms with Crippen LogP contribution >= 0.6 is 11.6 Å². The molecule has 0 amide bonds. The maximum atomic E-state index is 13.2. The number of hydrogen-bond acceptors (Lipinski definition) is 2. The van der Waals surface area contributed by atoms with Crippen LogP contribution in [0, 0.1) is 5.82 Å². The summed E-state index contributed by atoms with van der Waals surface area (Å²) >= 11 is 5.84. The summed E-state index contributed by atoms with van der Waals surface area (Å²) in [5, 5.41) is 3.57. The Morgan fingerprint density at radius 2 is 2.29 bits per heavy atom. The highest BCUT2D eigenvalue weighted by Crippen LogP contribution is 2.20. The molecule has 1 heterocycles. The Morgan fingerprint density at radius 3 is 3.06 bits per heavy atom. The average Bonchev–Trinajstić information content (AvgIpc) is 2.36. The van der Waals surface area contributed by atoms with Crippen LogP contribution in [0.1, 0.15) is 24.8 Å². The van der Waals surface area contributed by atoms with Crippen LogP contribution in [0.2, 0.25) is 5.02 Å². The van der Waals surface area contributed by atoms with E-state index < -0.39 is 0 Å². The predicted octanol–water partition coefficient (Wildman–Crippen LogP) is 3.14. The lowest BCUT2D eigenvalue weighted by atomic mass is 10.1. The summed E-state index contributed by atoms with van der Waals surface area (Å²) < 4.78 is 18.7. The molecule has 1 saturated heterocycles. The number of halogens is 2. The molecule has 1 aliphatic rings. The van der Waals surface area contributed by atoms with Gasteiger partial charge in [0.2, 0.25) is 0 Å². The molecule has 0 saturated carbocycles. The van der Waals surface area contributed by atoms with Crippen molar-refractivity contribution in [2.45, 2.75) is 31.9 Å². The minimum atomic E-state index is -0.386. The first-order valence-corrected chi connectivity index (χ1v) is 6.39. The molecule has 0 spiro atoms. The number of hydrogen-bond donors (Lipinski definition) is 1. The lowest BCUT2D eigenvalue weighted by Gasteiger charge is -2.23. The second-order valence-corrected chi connectivity index (χ2v) is 4.75. The van der Waals surface area contributed by atoms with E-state index in [-0.39, 0.29) is 10.8 Å². The summed E-state index contributed by atoms with van der Waals surface area (Å²) in [6.45, 7) is 2.09. The van der Waals surface area contributed by atoms with Crippen molar-refractivity contribution < 1.29 is 9.13 Å². The van der Waals surface area contributed by atoms with Crippen molar-refractivity contribution >= 4 is 11.6 Å². The fourth-order valence-corrected chi connectivity index (χ4v) is 2.22. The zero-order valence-corrected chi connectivity index (χ0v) is 10.5. The lowest BCUT2D eigenvalue weighted by molar-refractivity contribution is 0.0910. The van der Waals surface area contributed by atoms with E-state index in [9.17, 15) is 4.39 Å². The average molecular weight is 258 g/mol. The predicted molar refractivity (Wildman–Crippen MR) is 66.7 cm³/mol. The molecule has 94 valence electrons. The van der Waals surface area contributed by atoms with Gasteiger partial charge in [-0.25, -0.2) is 4.39 Å². The highest BCUT2D eigenvalue weighted by Gasteiger charge is 2.13. The number of rotatable bonds is 4. The van der Waals surface area contributed by atoms with Crippen molar-refractivity contribution in [1.29, 1.82) is 0 Å². The molecule has 2 rings (SSSR count). The fourth-order valence-electron chi connectivity index (χ4n) is 2.04. The van der Waals surface area contributed by atoms with Gasteiger partial charge in [0.15, 0.2) is 0 Å². The number of piperidine rings is 1. The molecule has 1 N–H and O–H groups in total. The van der Waals surface area contributed by atoms with E-state index in [4.69, 9.17) is 16.3 Å². The first-order chi connectivity index (χ1) is 8.27. The van der Waals surface area contributed by atoms with Crippen LogP contribution in [-0.4, -0.2) is 19.2 Å². The van der Waals surface area contributed by atoms with Crippen molar-refractivity contribution in [2.24, 2.45) is 0 Å². The van der Waals surface area contributed by atoms with Gasteiger partial charge in [0.1, 0.15) is 5.82 Å². The summed E-state index contributed by atoms with van der Waals surface area (Å²) in [4.78, 5) is 0. The molecule has 1 fully saturated rings. The van der Waals surface area contributed by atoms with Gasteiger partial charge in [0, 0.05) is 6.04 Å². The second-order valence-electron chi connectivity index (χ2n) is 4.37. The molecule has 1 atom stereocenters. The van der Waals surface area contributed by atoms with Crippen molar-refractivity contribution in [3.8, 4) is 0 Å². The molecule has 17 heavy (non-hydrogen) atoms. The molecule has 0 radical (unpaired) electrons. The summed E-state index contributed by atoms with van der Waals surface area (Å²) in [7, 11) is 0. The molecule has 1 unspecified atom stereocenters. The highest BCUT2D eigenvalue weighted by molar-refractivity contribution is 6.31. The Labute approximate surface area is 106 Å². The van der Waals surface area contributed by atoms with E-state index in [1.54, 1.807) is 12.1 Å². The zero-order valence-electron chi connectivity index (χ0n) is 9.72. The highest BCUT2D eigenvalue weighted by atomic mass is 35.5. The summed E-state index contributed by atoms with van der Waals surface area (Å²) in [5.41, 5.74) is 0.711. The van der Waals surface area contributed by atoms with Crippen LogP contribution in [0.3, 0.4) is 0 Å². The summed E-state index contributed by atoms with van der Waals surface area (Å²) in [6, 6.07) is 5.23. The summed E-state index contributed by atoms with van der Waals surface area (Å²) in [5.74, 6) is -0.386. The van der Waals surface area contributed by atoms with Crippen molar-refractivity contribution in [2.75, 3.05) is 13.2 Å². The van der Waals surface area contributed by atoms with Crippen LogP contribution in [0.4, 0.5) is 4.39 Å². The lowest BCUT2D eigenvalue weighted by Crippen LogP contribution is -2.37. The maximum Gasteiger partial charge on any atom is 0.142 e. The molecule has 0 bridgehead atoms. The van der Waals surface area contributed by atoms with Gasteiger partial charge in [-0.1, -0.05) is 30.2 Å². The Kier molecular flexibility index (Phi) is 4.77. The van der Waals surface area contributed by atoms with Gasteiger partial charge in [0.05, 0.1) is 18.2 Å². The van der Waals surface area contributed by atoms with E-state index >= 15 is 0 Å². The fraction of sp³-hybridized carbons (Fsp3) is 0.538. The van der Waals surface area contributed by atoms with Gasteiger partial charge >= 0.3 is 0 Å². The van der Waals surface area contributed by atoms with E-state index in [0.29, 0.717) is 24.8 Å². The molecular weight excluding hydrogens is 241 g/mol. The molecule has 0 aliphatic carbocycles. The third-order valence-electron chi connectivity index (χ3n) is 3.02. The minimum absolute atomic E-state index is 0.170. The topological polar surface area (TPSA) is 21.3 Å². The first-order valence-electron chi connectivity index (χ1n) is 6.01. The van der Waals surface area contributed by atoms with Crippen LogP contribution < -0.4 is 5.32 Å². The smallest absolute Gasteiger partial charge is 0.142 e. The monoisotopic (exact) mass is 257 g/mol. The van der Waals surface area contributed by atoms with Crippen LogP contribution in [-0.2, 0) is 11.3 Å². The Morgan fingerprint density at radius 1 is 1.41 bits per heavy atom. The molecular formula is C13H17ClFNO. The number of ether oxygens (including phenoxy) is 1. The standard InChI is InChI=1S/C13H17ClFNO/c14-13-10(4-3-6-12(13)15)8-17-9-11-5-1-2-7-16-11/h3-4,6,11,16H,1-2,5,7-9H2. The Bertz CT molecular complexity index is 366.